The monoisotopic (exact) mass is 356 g/mol. The van der Waals surface area contributed by atoms with E-state index in [1.54, 1.807) is 0 Å². The van der Waals surface area contributed by atoms with Crippen LogP contribution in [0.4, 0.5) is 0 Å². The van der Waals surface area contributed by atoms with Crippen molar-refractivity contribution in [1.82, 2.24) is 0 Å². The summed E-state index contributed by atoms with van der Waals surface area (Å²) in [6.07, 6.45) is 0. The molecular formula is C22H22Cl2. The van der Waals surface area contributed by atoms with Crippen LogP contribution in [0.3, 0.4) is 0 Å². The first-order chi connectivity index (χ1) is 11.3. The maximum Gasteiger partial charge on any atom is 0.107 e. The van der Waals surface area contributed by atoms with E-state index in [0.717, 1.165) is 0 Å². The lowest BCUT2D eigenvalue weighted by Crippen LogP contribution is -2.16. The molecular weight excluding hydrogens is 335 g/mol. The lowest BCUT2D eigenvalue weighted by atomic mass is 9.82. The quantitative estimate of drug-likeness (QED) is 0.559. The molecule has 24 heavy (non-hydrogen) atoms. The van der Waals surface area contributed by atoms with Crippen molar-refractivity contribution >= 4 is 23.2 Å². The first kappa shape index (κ1) is 16.2. The molecule has 0 saturated heterocycles. The van der Waals surface area contributed by atoms with E-state index in [4.69, 9.17) is 23.2 Å². The van der Waals surface area contributed by atoms with Gasteiger partial charge in [-0.2, -0.15) is 0 Å². The van der Waals surface area contributed by atoms with Crippen molar-refractivity contribution in [2.45, 2.75) is 33.1 Å². The van der Waals surface area contributed by atoms with Crippen LogP contribution >= 0.6 is 23.2 Å². The highest BCUT2D eigenvalue weighted by Gasteiger charge is 2.97. The first-order valence-electron chi connectivity index (χ1n) is 8.45. The van der Waals surface area contributed by atoms with E-state index >= 15 is 0 Å². The van der Waals surface area contributed by atoms with Gasteiger partial charge < -0.3 is 0 Å². The number of benzene rings is 2. The summed E-state index contributed by atoms with van der Waals surface area (Å²) in [4.78, 5) is 0. The molecule has 0 nitrogen and oxygen atoms in total. The maximum atomic E-state index is 6.48. The minimum absolute atomic E-state index is 0.0332. The largest absolute Gasteiger partial charge is 0.107 e. The molecule has 2 heteroatoms. The summed E-state index contributed by atoms with van der Waals surface area (Å²) in [7, 11) is 0. The molecule has 124 valence electrons. The molecule has 2 aliphatic carbocycles. The van der Waals surface area contributed by atoms with Gasteiger partial charge in [0.05, 0.1) is 5.41 Å². The highest BCUT2D eigenvalue weighted by atomic mass is 35.5. The summed E-state index contributed by atoms with van der Waals surface area (Å²) in [5.74, 6) is 0. The Morgan fingerprint density at radius 3 is 1.29 bits per heavy atom. The molecule has 2 aromatic rings. The third-order valence-electron chi connectivity index (χ3n) is 7.23. The summed E-state index contributed by atoms with van der Waals surface area (Å²) in [5.41, 5.74) is 3.72. The van der Waals surface area contributed by atoms with Gasteiger partial charge in [-0.25, -0.2) is 0 Å². The van der Waals surface area contributed by atoms with Gasteiger partial charge in [0.15, 0.2) is 0 Å². The van der Waals surface area contributed by atoms with Gasteiger partial charge in [-0.15, -0.1) is 0 Å². The van der Waals surface area contributed by atoms with Gasteiger partial charge in [0.1, 0.15) is 4.49 Å². The number of allylic oxidation sites excluding steroid dienone is 1. The van der Waals surface area contributed by atoms with E-state index in [0.29, 0.717) is 4.49 Å². The van der Waals surface area contributed by atoms with Crippen molar-refractivity contribution in [3.8, 4) is 0 Å². The lowest BCUT2D eigenvalue weighted by molar-refractivity contribution is 0.457. The maximum absolute atomic E-state index is 6.48. The zero-order chi connectivity index (χ0) is 17.4. The number of halogens is 2. The SMILES string of the molecule is CC1(C)C(C)(C)C12C(=C(Cl)Cl)C2(c1ccccc1)c1ccccc1. The molecule has 0 aliphatic heterocycles. The van der Waals surface area contributed by atoms with Crippen molar-refractivity contribution < 1.29 is 0 Å². The fourth-order valence-corrected chi connectivity index (χ4v) is 6.40. The molecule has 2 aromatic carbocycles. The molecule has 0 heterocycles. The second-order valence-corrected chi connectivity index (χ2v) is 9.07. The Kier molecular flexibility index (Phi) is 3.17. The van der Waals surface area contributed by atoms with E-state index < -0.39 is 0 Å². The zero-order valence-electron chi connectivity index (χ0n) is 14.5. The summed E-state index contributed by atoms with van der Waals surface area (Å²) in [6.45, 7) is 9.38. The van der Waals surface area contributed by atoms with E-state index in [2.05, 4.69) is 88.4 Å². The molecule has 2 fully saturated rings. The van der Waals surface area contributed by atoms with Crippen molar-refractivity contribution in [2.75, 3.05) is 0 Å². The third-order valence-corrected chi connectivity index (χ3v) is 7.61. The molecule has 0 amide bonds. The Morgan fingerprint density at radius 1 is 0.667 bits per heavy atom. The minimum atomic E-state index is -0.235. The average molecular weight is 357 g/mol. The van der Waals surface area contributed by atoms with Gasteiger partial charge in [-0.1, -0.05) is 112 Å². The lowest BCUT2D eigenvalue weighted by Gasteiger charge is -2.20. The fraction of sp³-hybridized carbons (Fsp3) is 0.364. The molecule has 0 N–H and O–H groups in total. The highest BCUT2D eigenvalue weighted by Crippen LogP contribution is 3.00. The van der Waals surface area contributed by atoms with E-state index in [-0.39, 0.29) is 21.7 Å². The Bertz CT molecular complexity index is 771. The first-order valence-corrected chi connectivity index (χ1v) is 9.21. The number of hydrogen-bond donors (Lipinski definition) is 0. The Balaban J connectivity index is 2.10. The van der Waals surface area contributed by atoms with Crippen LogP contribution in [-0.4, -0.2) is 0 Å². The van der Waals surface area contributed by atoms with E-state index in [9.17, 15) is 0 Å². The van der Waals surface area contributed by atoms with E-state index in [1.165, 1.54) is 16.7 Å². The topological polar surface area (TPSA) is 0 Å². The average Bonchev–Trinajstić information content (AvgIpc) is 3.34. The van der Waals surface area contributed by atoms with Crippen molar-refractivity contribution in [2.24, 2.45) is 16.2 Å². The standard InChI is InChI=1S/C22H22Cl2/c1-19(2)20(3,4)22(19)17(18(23)24)21(22,15-11-7-5-8-12-15)16-13-9-6-10-14-16/h5-14H,1-4H3. The van der Waals surface area contributed by atoms with Gasteiger partial charge in [-0.3, -0.25) is 0 Å². The predicted molar refractivity (Wildman–Crippen MR) is 102 cm³/mol. The minimum Gasteiger partial charge on any atom is -0.0709 e. The molecule has 0 atom stereocenters. The van der Waals surface area contributed by atoms with Crippen LogP contribution in [0.25, 0.3) is 0 Å². The van der Waals surface area contributed by atoms with Gasteiger partial charge in [0.2, 0.25) is 0 Å². The van der Waals surface area contributed by atoms with Gasteiger partial charge in [0, 0.05) is 5.41 Å². The van der Waals surface area contributed by atoms with Crippen LogP contribution in [0, 0.1) is 16.2 Å². The second kappa shape index (κ2) is 4.68. The number of hydrogen-bond acceptors (Lipinski definition) is 0. The van der Waals surface area contributed by atoms with Crippen LogP contribution in [-0.2, 0) is 5.41 Å². The van der Waals surface area contributed by atoms with Crippen molar-refractivity contribution in [1.29, 1.82) is 0 Å². The second-order valence-electron chi connectivity index (χ2n) is 8.12. The van der Waals surface area contributed by atoms with Gasteiger partial charge >= 0.3 is 0 Å². The molecule has 2 saturated carbocycles. The Hall–Kier alpha value is -1.24. The van der Waals surface area contributed by atoms with Crippen LogP contribution in [0.15, 0.2) is 70.7 Å². The fourth-order valence-electron chi connectivity index (χ4n) is 5.83. The Morgan fingerprint density at radius 2 is 1.04 bits per heavy atom. The molecule has 4 rings (SSSR count). The van der Waals surface area contributed by atoms with E-state index in [1.807, 2.05) is 0 Å². The molecule has 1 spiro atoms. The van der Waals surface area contributed by atoms with Gasteiger partial charge in [0.25, 0.3) is 0 Å². The van der Waals surface area contributed by atoms with Crippen molar-refractivity contribution in [3.63, 3.8) is 0 Å². The molecule has 0 bridgehead atoms. The smallest absolute Gasteiger partial charge is 0.0709 e. The molecule has 0 aromatic heterocycles. The molecule has 2 aliphatic rings. The summed E-state index contributed by atoms with van der Waals surface area (Å²) in [6, 6.07) is 21.4. The van der Waals surface area contributed by atoms with Crippen molar-refractivity contribution in [3.05, 3.63) is 81.9 Å². The van der Waals surface area contributed by atoms with Crippen LogP contribution in [0.5, 0.6) is 0 Å². The predicted octanol–water partition coefficient (Wildman–Crippen LogP) is 6.73. The summed E-state index contributed by atoms with van der Waals surface area (Å²) >= 11 is 13.0. The molecule has 0 radical (unpaired) electrons. The summed E-state index contributed by atoms with van der Waals surface area (Å²) in [5, 5.41) is 0. The Labute approximate surface area is 154 Å². The molecule has 0 unspecified atom stereocenters. The van der Waals surface area contributed by atoms with Gasteiger partial charge in [-0.05, 0) is 27.5 Å². The third kappa shape index (κ3) is 1.45. The van der Waals surface area contributed by atoms with Crippen LogP contribution < -0.4 is 0 Å². The highest BCUT2D eigenvalue weighted by molar-refractivity contribution is 6.56. The van der Waals surface area contributed by atoms with Crippen LogP contribution in [0.1, 0.15) is 38.8 Å². The number of rotatable bonds is 2. The van der Waals surface area contributed by atoms with Crippen LogP contribution in [0.2, 0.25) is 0 Å². The normalized spacial score (nSPS) is 23.8. The summed E-state index contributed by atoms with van der Waals surface area (Å²) < 4.78 is 0.432. The zero-order valence-corrected chi connectivity index (χ0v) is 16.0.